The summed E-state index contributed by atoms with van der Waals surface area (Å²) in [5.74, 6) is 0. The van der Waals surface area contributed by atoms with Gasteiger partial charge in [0.15, 0.2) is 0 Å². The maximum atomic E-state index is 4.16. The summed E-state index contributed by atoms with van der Waals surface area (Å²) in [6.07, 6.45) is 8.19. The second kappa shape index (κ2) is 14.8. The quantitative estimate of drug-likeness (QED) is 0.487. The van der Waals surface area contributed by atoms with Gasteiger partial charge in [0.2, 0.25) is 0 Å². The summed E-state index contributed by atoms with van der Waals surface area (Å²) in [6, 6.07) is 10.2. The molecule has 0 saturated heterocycles. The molecule has 0 atom stereocenters. The van der Waals surface area contributed by atoms with Gasteiger partial charge in [-0.1, -0.05) is 95.5 Å². The van der Waals surface area contributed by atoms with E-state index in [0.29, 0.717) is 0 Å². The molecular formula is C23H34. The molecule has 0 amide bonds. The van der Waals surface area contributed by atoms with Crippen molar-refractivity contribution in [1.82, 2.24) is 0 Å². The van der Waals surface area contributed by atoms with Gasteiger partial charge in [0, 0.05) is 0 Å². The number of allylic oxidation sites excluding steroid dienone is 8. The second-order valence-corrected chi connectivity index (χ2v) is 4.57. The van der Waals surface area contributed by atoms with Gasteiger partial charge in [-0.3, -0.25) is 0 Å². The van der Waals surface area contributed by atoms with Crippen LogP contribution in [0.1, 0.15) is 54.0 Å². The fourth-order valence-corrected chi connectivity index (χ4v) is 1.68. The minimum absolute atomic E-state index is 1.02. The van der Waals surface area contributed by atoms with Crippen molar-refractivity contribution in [1.29, 1.82) is 0 Å². The van der Waals surface area contributed by atoms with Gasteiger partial charge in [0.25, 0.3) is 0 Å². The average molecular weight is 311 g/mol. The molecule has 0 saturated carbocycles. The van der Waals surface area contributed by atoms with E-state index >= 15 is 0 Å². The van der Waals surface area contributed by atoms with E-state index < -0.39 is 0 Å². The second-order valence-electron chi connectivity index (χ2n) is 4.57. The highest BCUT2D eigenvalue weighted by molar-refractivity contribution is 5.77. The standard InChI is InChI=1S/C19H22.2C2H6/c1-6-7-11-15(2)16(3)14-17(4)18(5)19-12-9-8-10-13-19;2*1-2/h6-14H,3,5H2,1-2,4H3;2*1-2H3/b7-6-,15-11+,17-14-;;. The first kappa shape index (κ1) is 23.2. The van der Waals surface area contributed by atoms with Gasteiger partial charge in [-0.05, 0) is 48.6 Å². The Morgan fingerprint density at radius 1 is 0.870 bits per heavy atom. The molecule has 0 heterocycles. The van der Waals surface area contributed by atoms with Crippen LogP contribution in [0.25, 0.3) is 5.57 Å². The number of benzene rings is 1. The molecule has 1 aromatic rings. The van der Waals surface area contributed by atoms with Crippen molar-refractivity contribution in [3.63, 3.8) is 0 Å². The zero-order valence-electron chi connectivity index (χ0n) is 16.1. The Kier molecular flexibility index (Phi) is 15.0. The zero-order chi connectivity index (χ0) is 18.3. The predicted molar refractivity (Wildman–Crippen MR) is 110 cm³/mol. The van der Waals surface area contributed by atoms with Gasteiger partial charge in [-0.15, -0.1) is 0 Å². The van der Waals surface area contributed by atoms with Crippen molar-refractivity contribution in [2.45, 2.75) is 48.5 Å². The third-order valence-electron chi connectivity index (χ3n) is 3.03. The Morgan fingerprint density at radius 2 is 1.39 bits per heavy atom. The Labute approximate surface area is 144 Å². The van der Waals surface area contributed by atoms with Crippen LogP contribution in [0, 0.1) is 0 Å². The monoisotopic (exact) mass is 310 g/mol. The van der Waals surface area contributed by atoms with Gasteiger partial charge >= 0.3 is 0 Å². The third-order valence-corrected chi connectivity index (χ3v) is 3.03. The summed E-state index contributed by atoms with van der Waals surface area (Å²) in [4.78, 5) is 0. The summed E-state index contributed by atoms with van der Waals surface area (Å²) in [5, 5.41) is 0. The van der Waals surface area contributed by atoms with Crippen molar-refractivity contribution >= 4 is 5.57 Å². The molecule has 0 aliphatic carbocycles. The molecule has 0 aliphatic rings. The van der Waals surface area contributed by atoms with Crippen molar-refractivity contribution in [3.05, 3.63) is 90.1 Å². The molecule has 0 unspecified atom stereocenters. The molecule has 0 N–H and O–H groups in total. The maximum absolute atomic E-state index is 4.16. The molecule has 126 valence electrons. The molecule has 0 aliphatic heterocycles. The molecule has 1 aromatic carbocycles. The Balaban J connectivity index is 0. The van der Waals surface area contributed by atoms with Crippen molar-refractivity contribution in [3.8, 4) is 0 Å². The molecule has 0 fully saturated rings. The van der Waals surface area contributed by atoms with Crippen molar-refractivity contribution in [2.24, 2.45) is 0 Å². The summed E-state index contributed by atoms with van der Waals surface area (Å²) in [5.41, 5.74) is 5.52. The lowest BCUT2D eigenvalue weighted by atomic mass is 9.97. The maximum Gasteiger partial charge on any atom is -0.0187 e. The van der Waals surface area contributed by atoms with Crippen molar-refractivity contribution < 1.29 is 0 Å². The van der Waals surface area contributed by atoms with Crippen LogP contribution in [0.5, 0.6) is 0 Å². The van der Waals surface area contributed by atoms with Gasteiger partial charge < -0.3 is 0 Å². The first-order valence-corrected chi connectivity index (χ1v) is 8.48. The average Bonchev–Trinajstić information content (AvgIpc) is 2.62. The number of hydrogen-bond acceptors (Lipinski definition) is 0. The smallest absolute Gasteiger partial charge is 0.0187 e. The van der Waals surface area contributed by atoms with Crippen LogP contribution in [0.2, 0.25) is 0 Å². The van der Waals surface area contributed by atoms with E-state index in [9.17, 15) is 0 Å². The van der Waals surface area contributed by atoms with E-state index in [-0.39, 0.29) is 0 Å². The van der Waals surface area contributed by atoms with Crippen LogP contribution in [0.15, 0.2) is 84.5 Å². The fourth-order valence-electron chi connectivity index (χ4n) is 1.68. The van der Waals surface area contributed by atoms with Crippen molar-refractivity contribution in [2.75, 3.05) is 0 Å². The minimum atomic E-state index is 1.02. The van der Waals surface area contributed by atoms with E-state index in [1.54, 1.807) is 0 Å². The molecule has 0 heteroatoms. The van der Waals surface area contributed by atoms with Crippen LogP contribution in [0.4, 0.5) is 0 Å². The molecule has 1 rings (SSSR count). The van der Waals surface area contributed by atoms with Gasteiger partial charge in [-0.25, -0.2) is 0 Å². The molecule has 0 aromatic heterocycles. The summed E-state index contributed by atoms with van der Waals surface area (Å²) in [7, 11) is 0. The summed E-state index contributed by atoms with van der Waals surface area (Å²) in [6.45, 7) is 22.4. The zero-order valence-corrected chi connectivity index (χ0v) is 16.1. The lowest BCUT2D eigenvalue weighted by Gasteiger charge is -2.08. The third kappa shape index (κ3) is 9.52. The predicted octanol–water partition coefficient (Wildman–Crippen LogP) is 7.78. The molecule has 0 spiro atoms. The molecular weight excluding hydrogens is 276 g/mol. The highest BCUT2D eigenvalue weighted by Crippen LogP contribution is 2.23. The van der Waals surface area contributed by atoms with Gasteiger partial charge in [0.05, 0.1) is 0 Å². The van der Waals surface area contributed by atoms with E-state index in [2.05, 4.69) is 51.3 Å². The van der Waals surface area contributed by atoms with Crippen LogP contribution in [0.3, 0.4) is 0 Å². The lowest BCUT2D eigenvalue weighted by molar-refractivity contribution is 1.40. The normalized spacial score (nSPS) is 11.1. The fraction of sp³-hybridized carbons (Fsp3) is 0.304. The minimum Gasteiger partial charge on any atom is -0.0915 e. The Bertz CT molecular complexity index is 537. The van der Waals surface area contributed by atoms with Crippen LogP contribution in [-0.4, -0.2) is 0 Å². The lowest BCUT2D eigenvalue weighted by Crippen LogP contribution is -1.87. The van der Waals surface area contributed by atoms with Crippen LogP contribution < -0.4 is 0 Å². The van der Waals surface area contributed by atoms with E-state index in [0.717, 1.165) is 22.3 Å². The topological polar surface area (TPSA) is 0 Å². The van der Waals surface area contributed by atoms with Crippen LogP contribution >= 0.6 is 0 Å². The molecule has 23 heavy (non-hydrogen) atoms. The molecule has 0 nitrogen and oxygen atoms in total. The Hall–Kier alpha value is -2.08. The Morgan fingerprint density at radius 3 is 1.87 bits per heavy atom. The SMILES string of the molecule is C=C(/C=C(/C)C(=C)c1ccccc1)/C(C)=C/C=C\C.CC.CC. The highest BCUT2D eigenvalue weighted by atomic mass is 14.1. The number of rotatable bonds is 5. The summed E-state index contributed by atoms with van der Waals surface area (Å²) >= 11 is 0. The largest absolute Gasteiger partial charge is 0.0915 e. The van der Waals surface area contributed by atoms with Gasteiger partial charge in [0.1, 0.15) is 0 Å². The first-order chi connectivity index (χ1) is 11.1. The molecule has 0 bridgehead atoms. The van der Waals surface area contributed by atoms with E-state index in [1.165, 1.54) is 5.57 Å². The number of hydrogen-bond donors (Lipinski definition) is 0. The highest BCUT2D eigenvalue weighted by Gasteiger charge is 2.01. The van der Waals surface area contributed by atoms with E-state index in [1.807, 2.05) is 65.0 Å². The van der Waals surface area contributed by atoms with Crippen LogP contribution in [-0.2, 0) is 0 Å². The van der Waals surface area contributed by atoms with Gasteiger partial charge in [-0.2, -0.15) is 0 Å². The van der Waals surface area contributed by atoms with E-state index in [4.69, 9.17) is 0 Å². The summed E-state index contributed by atoms with van der Waals surface area (Å²) < 4.78 is 0. The molecule has 0 radical (unpaired) electrons. The first-order valence-electron chi connectivity index (χ1n) is 8.48.